The van der Waals surface area contributed by atoms with Crippen molar-refractivity contribution in [3.05, 3.63) is 11.1 Å². The summed E-state index contributed by atoms with van der Waals surface area (Å²) < 4.78 is 0. The molecular formula is C12H17NO4. The van der Waals surface area contributed by atoms with Gasteiger partial charge in [-0.1, -0.05) is 0 Å². The lowest BCUT2D eigenvalue weighted by Gasteiger charge is -2.34. The topological polar surface area (TPSA) is 74.7 Å². The molecular weight excluding hydrogens is 222 g/mol. The Morgan fingerprint density at radius 1 is 1.18 bits per heavy atom. The molecule has 5 heteroatoms. The zero-order chi connectivity index (χ0) is 13.4. The summed E-state index contributed by atoms with van der Waals surface area (Å²) in [6.45, 7) is 6.64. The van der Waals surface area contributed by atoms with Gasteiger partial charge in [-0.2, -0.15) is 0 Å². The van der Waals surface area contributed by atoms with E-state index < -0.39 is 11.5 Å². The number of rotatable bonds is 4. The number of hydrogen-bond acceptors (Lipinski definition) is 3. The number of carbonyl (C=O) groups excluding carboxylic acids is 2. The second-order valence-electron chi connectivity index (χ2n) is 4.90. The molecule has 1 aliphatic heterocycles. The number of nitrogens with zero attached hydrogens (tertiary/aromatic N) is 1. The number of carboxylic acids is 1. The van der Waals surface area contributed by atoms with Crippen LogP contribution in [-0.2, 0) is 14.4 Å². The molecule has 0 spiro atoms. The number of carboxylic acid groups (broad SMARTS) is 1. The Morgan fingerprint density at radius 3 is 1.94 bits per heavy atom. The first-order valence-electron chi connectivity index (χ1n) is 5.46. The van der Waals surface area contributed by atoms with Gasteiger partial charge in [0.05, 0.1) is 0 Å². The van der Waals surface area contributed by atoms with E-state index in [1.807, 2.05) is 0 Å². The third-order valence-corrected chi connectivity index (χ3v) is 3.17. The predicted octanol–water partition coefficient (Wildman–Crippen LogP) is 1.33. The fourth-order valence-corrected chi connectivity index (χ4v) is 1.82. The van der Waals surface area contributed by atoms with Crippen LogP contribution in [0.3, 0.4) is 0 Å². The molecule has 0 atom stereocenters. The van der Waals surface area contributed by atoms with E-state index in [1.165, 1.54) is 4.90 Å². The van der Waals surface area contributed by atoms with Crippen molar-refractivity contribution in [2.24, 2.45) is 0 Å². The Balaban J connectivity index is 2.91. The largest absolute Gasteiger partial charge is 0.481 e. The summed E-state index contributed by atoms with van der Waals surface area (Å²) in [6, 6.07) is 0. The molecule has 0 aliphatic carbocycles. The minimum absolute atomic E-state index is 0.0673. The van der Waals surface area contributed by atoms with Crippen molar-refractivity contribution in [1.29, 1.82) is 0 Å². The first-order valence-corrected chi connectivity index (χ1v) is 5.46. The molecule has 5 nitrogen and oxygen atoms in total. The van der Waals surface area contributed by atoms with Crippen LogP contribution in [0.15, 0.2) is 11.1 Å². The minimum Gasteiger partial charge on any atom is -0.481 e. The lowest BCUT2D eigenvalue weighted by atomic mass is 9.96. The van der Waals surface area contributed by atoms with E-state index in [0.29, 0.717) is 11.1 Å². The third-order valence-electron chi connectivity index (χ3n) is 3.17. The molecule has 0 aromatic heterocycles. The van der Waals surface area contributed by atoms with E-state index in [4.69, 9.17) is 5.11 Å². The Labute approximate surface area is 100 Å². The van der Waals surface area contributed by atoms with Crippen LogP contribution in [0.25, 0.3) is 0 Å². The minimum atomic E-state index is -0.932. The van der Waals surface area contributed by atoms with Gasteiger partial charge in [-0.25, -0.2) is 0 Å². The highest BCUT2D eigenvalue weighted by molar-refractivity contribution is 6.19. The van der Waals surface area contributed by atoms with Gasteiger partial charge in [-0.05, 0) is 34.1 Å². The van der Waals surface area contributed by atoms with Gasteiger partial charge in [0, 0.05) is 23.1 Å². The number of hydrogen-bond donors (Lipinski definition) is 1. The highest BCUT2D eigenvalue weighted by Gasteiger charge is 2.42. The molecule has 94 valence electrons. The van der Waals surface area contributed by atoms with Crippen molar-refractivity contribution in [3.8, 4) is 0 Å². The first kappa shape index (κ1) is 13.4. The van der Waals surface area contributed by atoms with Crippen molar-refractivity contribution in [2.45, 2.75) is 46.1 Å². The summed E-state index contributed by atoms with van der Waals surface area (Å²) in [5.74, 6) is -1.57. The maximum atomic E-state index is 11.9. The molecule has 1 aliphatic rings. The molecule has 0 unspecified atom stereocenters. The normalized spacial score (nSPS) is 17.1. The average molecular weight is 239 g/mol. The van der Waals surface area contributed by atoms with Crippen molar-refractivity contribution in [3.63, 3.8) is 0 Å². The lowest BCUT2D eigenvalue weighted by molar-refractivity contribution is -0.146. The number of amides is 2. The molecule has 2 amide bonds. The molecule has 0 saturated carbocycles. The van der Waals surface area contributed by atoms with Gasteiger partial charge in [0.25, 0.3) is 11.8 Å². The molecule has 17 heavy (non-hydrogen) atoms. The molecule has 0 fully saturated rings. The van der Waals surface area contributed by atoms with Crippen molar-refractivity contribution in [1.82, 2.24) is 4.90 Å². The van der Waals surface area contributed by atoms with E-state index in [1.54, 1.807) is 27.7 Å². The summed E-state index contributed by atoms with van der Waals surface area (Å²) in [7, 11) is 0. The Hall–Kier alpha value is -1.65. The monoisotopic (exact) mass is 239 g/mol. The zero-order valence-corrected chi connectivity index (χ0v) is 10.5. The van der Waals surface area contributed by atoms with Gasteiger partial charge in [-0.3, -0.25) is 19.3 Å². The summed E-state index contributed by atoms with van der Waals surface area (Å²) in [4.78, 5) is 35.6. The van der Waals surface area contributed by atoms with E-state index in [0.717, 1.165) is 0 Å². The smallest absolute Gasteiger partial charge is 0.303 e. The highest BCUT2D eigenvalue weighted by atomic mass is 16.4. The second kappa shape index (κ2) is 4.31. The van der Waals surface area contributed by atoms with Gasteiger partial charge < -0.3 is 5.11 Å². The lowest BCUT2D eigenvalue weighted by Crippen LogP contribution is -2.48. The Kier molecular flexibility index (Phi) is 3.40. The molecule has 1 rings (SSSR count). The zero-order valence-electron chi connectivity index (χ0n) is 10.5. The average Bonchev–Trinajstić information content (AvgIpc) is 2.41. The van der Waals surface area contributed by atoms with Gasteiger partial charge in [-0.15, -0.1) is 0 Å². The summed E-state index contributed by atoms with van der Waals surface area (Å²) in [5, 5.41) is 8.66. The van der Waals surface area contributed by atoms with E-state index >= 15 is 0 Å². The van der Waals surface area contributed by atoms with Crippen LogP contribution < -0.4 is 0 Å². The quantitative estimate of drug-likeness (QED) is 0.751. The predicted molar refractivity (Wildman–Crippen MR) is 61.2 cm³/mol. The van der Waals surface area contributed by atoms with Gasteiger partial charge in [0.1, 0.15) is 0 Å². The molecule has 0 radical (unpaired) electrons. The van der Waals surface area contributed by atoms with Crippen LogP contribution >= 0.6 is 0 Å². The summed E-state index contributed by atoms with van der Waals surface area (Å²) in [6.07, 6.45) is 0.183. The molecule has 1 heterocycles. The molecule has 0 bridgehead atoms. The second-order valence-corrected chi connectivity index (χ2v) is 4.90. The van der Waals surface area contributed by atoms with Crippen LogP contribution in [-0.4, -0.2) is 33.3 Å². The molecule has 0 saturated heterocycles. The number of imide groups is 1. The first-order chi connectivity index (χ1) is 7.68. The highest BCUT2D eigenvalue weighted by Crippen LogP contribution is 2.30. The van der Waals surface area contributed by atoms with E-state index in [9.17, 15) is 14.4 Å². The van der Waals surface area contributed by atoms with E-state index in [-0.39, 0.29) is 24.7 Å². The van der Waals surface area contributed by atoms with E-state index in [2.05, 4.69) is 0 Å². The summed E-state index contributed by atoms with van der Waals surface area (Å²) >= 11 is 0. The van der Waals surface area contributed by atoms with Gasteiger partial charge in [0.2, 0.25) is 0 Å². The number of aliphatic carboxylic acids is 1. The SMILES string of the molecule is CC1=C(C)C(=O)N(C(C)(C)CCC(=O)O)C1=O. The Morgan fingerprint density at radius 2 is 1.59 bits per heavy atom. The van der Waals surface area contributed by atoms with Crippen LogP contribution in [0.4, 0.5) is 0 Å². The maximum Gasteiger partial charge on any atom is 0.303 e. The van der Waals surface area contributed by atoms with Gasteiger partial charge in [0.15, 0.2) is 0 Å². The van der Waals surface area contributed by atoms with Crippen molar-refractivity contribution >= 4 is 17.8 Å². The molecule has 0 aromatic carbocycles. The standard InChI is InChI=1S/C12H17NO4/c1-7-8(2)11(17)13(10(7)16)12(3,4)6-5-9(14)15/h5-6H2,1-4H3,(H,14,15). The summed E-state index contributed by atoms with van der Waals surface area (Å²) in [5.41, 5.74) is 0.114. The molecule has 1 N–H and O–H groups in total. The third kappa shape index (κ3) is 2.38. The fourth-order valence-electron chi connectivity index (χ4n) is 1.82. The fraction of sp³-hybridized carbons (Fsp3) is 0.583. The van der Waals surface area contributed by atoms with Crippen LogP contribution in [0.5, 0.6) is 0 Å². The van der Waals surface area contributed by atoms with Crippen LogP contribution in [0.2, 0.25) is 0 Å². The molecule has 0 aromatic rings. The van der Waals surface area contributed by atoms with Crippen molar-refractivity contribution in [2.75, 3.05) is 0 Å². The Bertz CT molecular complexity index is 396. The van der Waals surface area contributed by atoms with Crippen LogP contribution in [0, 0.1) is 0 Å². The maximum absolute atomic E-state index is 11.9. The van der Waals surface area contributed by atoms with Gasteiger partial charge >= 0.3 is 5.97 Å². The number of carbonyl (C=O) groups is 3. The van der Waals surface area contributed by atoms with Crippen LogP contribution in [0.1, 0.15) is 40.5 Å². The van der Waals surface area contributed by atoms with Crippen molar-refractivity contribution < 1.29 is 19.5 Å².